The Morgan fingerprint density at radius 1 is 1.79 bits per heavy atom. The van der Waals surface area contributed by atoms with Gasteiger partial charge in [-0.15, -0.1) is 21.8 Å². The van der Waals surface area contributed by atoms with E-state index in [1.54, 1.807) is 6.33 Å². The van der Waals surface area contributed by atoms with Crippen LogP contribution in [0.15, 0.2) is 6.33 Å². The molecule has 1 fully saturated rings. The summed E-state index contributed by atoms with van der Waals surface area (Å²) in [4.78, 5) is 0. The second-order valence-electron chi connectivity index (χ2n) is 3.87. The predicted molar refractivity (Wildman–Crippen MR) is 53.3 cm³/mol. The van der Waals surface area contributed by atoms with Crippen LogP contribution in [0.2, 0.25) is 0 Å². The van der Waals surface area contributed by atoms with E-state index in [-0.39, 0.29) is 11.6 Å². The summed E-state index contributed by atoms with van der Waals surface area (Å²) in [6.07, 6.45) is 2.90. The van der Waals surface area contributed by atoms with Crippen molar-refractivity contribution in [2.24, 2.45) is 0 Å². The van der Waals surface area contributed by atoms with Crippen molar-refractivity contribution in [1.82, 2.24) is 14.8 Å². The van der Waals surface area contributed by atoms with Crippen molar-refractivity contribution < 1.29 is 4.74 Å². The number of aromatic nitrogens is 3. The molecule has 0 amide bonds. The third kappa shape index (κ3) is 1.33. The first kappa shape index (κ1) is 9.93. The Kier molecular flexibility index (Phi) is 2.49. The number of alkyl halides is 1. The van der Waals surface area contributed by atoms with Crippen molar-refractivity contribution in [3.8, 4) is 0 Å². The molecule has 0 bridgehead atoms. The second-order valence-corrected chi connectivity index (χ2v) is 4.14. The minimum Gasteiger partial charge on any atom is -0.376 e. The van der Waals surface area contributed by atoms with E-state index in [0.717, 1.165) is 18.9 Å². The molecule has 78 valence electrons. The Balaban J connectivity index is 2.37. The van der Waals surface area contributed by atoms with Crippen molar-refractivity contribution in [3.05, 3.63) is 12.2 Å². The van der Waals surface area contributed by atoms with Gasteiger partial charge < -0.3 is 9.30 Å². The highest BCUT2D eigenvalue weighted by Gasteiger charge is 2.39. The average molecular weight is 216 g/mol. The first-order valence-electron chi connectivity index (χ1n) is 4.75. The van der Waals surface area contributed by atoms with E-state index >= 15 is 0 Å². The number of hydrogen-bond acceptors (Lipinski definition) is 3. The SMILES string of the molecule is CC1OCCC1(C)n1cnnc1CCl. The third-order valence-corrected chi connectivity index (χ3v) is 3.38. The summed E-state index contributed by atoms with van der Waals surface area (Å²) < 4.78 is 7.61. The Morgan fingerprint density at radius 2 is 2.57 bits per heavy atom. The molecule has 2 rings (SSSR count). The standard InChI is InChI=1S/C9H14ClN3O/c1-7-9(2,3-4-14-7)13-6-11-12-8(13)5-10/h6-7H,3-5H2,1-2H3. The molecule has 1 saturated heterocycles. The first-order valence-corrected chi connectivity index (χ1v) is 5.29. The summed E-state index contributed by atoms with van der Waals surface area (Å²) in [5.74, 6) is 1.20. The third-order valence-electron chi connectivity index (χ3n) is 3.14. The molecule has 0 aromatic carbocycles. The van der Waals surface area contributed by atoms with Crippen LogP contribution in [0.4, 0.5) is 0 Å². The molecule has 4 nitrogen and oxygen atoms in total. The van der Waals surface area contributed by atoms with Crippen LogP contribution in [0.25, 0.3) is 0 Å². The van der Waals surface area contributed by atoms with Crippen molar-refractivity contribution in [2.75, 3.05) is 6.61 Å². The van der Waals surface area contributed by atoms with Gasteiger partial charge in [-0.2, -0.15) is 0 Å². The van der Waals surface area contributed by atoms with Gasteiger partial charge in [0, 0.05) is 6.61 Å². The normalized spacial score (nSPS) is 32.4. The van der Waals surface area contributed by atoms with Gasteiger partial charge in [0.15, 0.2) is 0 Å². The first-order chi connectivity index (χ1) is 6.68. The molecule has 0 N–H and O–H groups in total. The lowest BCUT2D eigenvalue weighted by molar-refractivity contribution is 0.0749. The fourth-order valence-corrected chi connectivity index (χ4v) is 2.10. The zero-order valence-corrected chi connectivity index (χ0v) is 9.16. The summed E-state index contributed by atoms with van der Waals surface area (Å²) >= 11 is 5.80. The number of nitrogens with zero attached hydrogens (tertiary/aromatic N) is 3. The smallest absolute Gasteiger partial charge is 0.148 e. The van der Waals surface area contributed by atoms with Crippen LogP contribution >= 0.6 is 11.6 Å². The molecular weight excluding hydrogens is 202 g/mol. The van der Waals surface area contributed by atoms with Gasteiger partial charge in [0.05, 0.1) is 17.5 Å². The van der Waals surface area contributed by atoms with Crippen molar-refractivity contribution in [1.29, 1.82) is 0 Å². The Hall–Kier alpha value is -0.610. The van der Waals surface area contributed by atoms with Crippen molar-refractivity contribution in [2.45, 2.75) is 37.8 Å². The zero-order valence-electron chi connectivity index (χ0n) is 8.40. The van der Waals surface area contributed by atoms with Gasteiger partial charge in [0.1, 0.15) is 12.2 Å². The molecule has 0 aliphatic carbocycles. The van der Waals surface area contributed by atoms with E-state index in [4.69, 9.17) is 16.3 Å². The van der Waals surface area contributed by atoms with Crippen LogP contribution in [0, 0.1) is 0 Å². The van der Waals surface area contributed by atoms with Crippen LogP contribution < -0.4 is 0 Å². The van der Waals surface area contributed by atoms with Gasteiger partial charge in [-0.1, -0.05) is 0 Å². The van der Waals surface area contributed by atoms with E-state index in [0.29, 0.717) is 5.88 Å². The number of ether oxygens (including phenoxy) is 1. The van der Waals surface area contributed by atoms with Crippen LogP contribution in [-0.2, 0) is 16.2 Å². The summed E-state index contributed by atoms with van der Waals surface area (Å²) in [6, 6.07) is 0. The quantitative estimate of drug-likeness (QED) is 0.703. The Bertz CT molecular complexity index is 328. The maximum absolute atomic E-state index is 5.80. The Labute approximate surface area is 88.2 Å². The van der Waals surface area contributed by atoms with Crippen LogP contribution in [0.5, 0.6) is 0 Å². The molecule has 1 aliphatic rings. The highest BCUT2D eigenvalue weighted by molar-refractivity contribution is 6.16. The average Bonchev–Trinajstić information content (AvgIpc) is 2.75. The van der Waals surface area contributed by atoms with E-state index in [1.165, 1.54) is 0 Å². The van der Waals surface area contributed by atoms with E-state index in [9.17, 15) is 0 Å². The lowest BCUT2D eigenvalue weighted by Crippen LogP contribution is -2.37. The summed E-state index contributed by atoms with van der Waals surface area (Å²) in [7, 11) is 0. The zero-order chi connectivity index (χ0) is 10.2. The molecule has 2 unspecified atom stereocenters. The monoisotopic (exact) mass is 215 g/mol. The molecule has 0 radical (unpaired) electrons. The number of halogens is 1. The van der Waals surface area contributed by atoms with Gasteiger partial charge in [-0.25, -0.2) is 0 Å². The van der Waals surface area contributed by atoms with E-state index in [2.05, 4.69) is 24.0 Å². The van der Waals surface area contributed by atoms with E-state index < -0.39 is 0 Å². The summed E-state index contributed by atoms with van der Waals surface area (Å²) in [5.41, 5.74) is -0.0479. The predicted octanol–water partition coefficient (Wildman–Crippen LogP) is 1.54. The molecule has 14 heavy (non-hydrogen) atoms. The summed E-state index contributed by atoms with van der Waals surface area (Å²) in [6.45, 7) is 5.02. The lowest BCUT2D eigenvalue weighted by atomic mass is 9.94. The van der Waals surface area contributed by atoms with Gasteiger partial charge in [0.2, 0.25) is 0 Å². The molecule has 2 atom stereocenters. The highest BCUT2D eigenvalue weighted by atomic mass is 35.5. The molecule has 1 aromatic rings. The molecule has 2 heterocycles. The van der Waals surface area contributed by atoms with Gasteiger partial charge in [0.25, 0.3) is 0 Å². The van der Waals surface area contributed by atoms with Gasteiger partial charge in [-0.05, 0) is 20.3 Å². The maximum atomic E-state index is 5.80. The summed E-state index contributed by atoms with van der Waals surface area (Å²) in [5, 5.41) is 7.87. The largest absolute Gasteiger partial charge is 0.376 e. The Morgan fingerprint density at radius 3 is 3.14 bits per heavy atom. The van der Waals surface area contributed by atoms with Gasteiger partial charge >= 0.3 is 0 Å². The van der Waals surface area contributed by atoms with Crippen LogP contribution in [0.3, 0.4) is 0 Å². The minimum absolute atomic E-state index is 0.0479. The molecule has 5 heteroatoms. The lowest BCUT2D eigenvalue weighted by Gasteiger charge is -2.29. The minimum atomic E-state index is -0.0479. The van der Waals surface area contributed by atoms with Crippen LogP contribution in [0.1, 0.15) is 26.1 Å². The molecule has 1 aromatic heterocycles. The van der Waals surface area contributed by atoms with Crippen LogP contribution in [-0.4, -0.2) is 27.5 Å². The van der Waals surface area contributed by atoms with Gasteiger partial charge in [-0.3, -0.25) is 0 Å². The topological polar surface area (TPSA) is 39.9 Å². The highest BCUT2D eigenvalue weighted by Crippen LogP contribution is 2.33. The maximum Gasteiger partial charge on any atom is 0.148 e. The number of rotatable bonds is 2. The number of hydrogen-bond donors (Lipinski definition) is 0. The second kappa shape index (κ2) is 3.51. The fraction of sp³-hybridized carbons (Fsp3) is 0.778. The molecule has 0 saturated carbocycles. The van der Waals surface area contributed by atoms with Crippen molar-refractivity contribution >= 4 is 11.6 Å². The molecule has 1 aliphatic heterocycles. The molecule has 0 spiro atoms. The fourth-order valence-electron chi connectivity index (χ4n) is 1.92. The van der Waals surface area contributed by atoms with E-state index in [1.807, 2.05) is 4.57 Å². The van der Waals surface area contributed by atoms with Crippen molar-refractivity contribution in [3.63, 3.8) is 0 Å². The molecular formula is C9H14ClN3O.